The fraction of sp³-hybridized carbons (Fsp3) is 0.182. The monoisotopic (exact) mass is 203 g/mol. The van der Waals surface area contributed by atoms with Crippen LogP contribution in [0.2, 0.25) is 0 Å². The van der Waals surface area contributed by atoms with Gasteiger partial charge in [-0.15, -0.1) is 0 Å². The van der Waals surface area contributed by atoms with Crippen molar-refractivity contribution in [2.24, 2.45) is 0 Å². The lowest BCUT2D eigenvalue weighted by atomic mass is 9.96. The van der Waals surface area contributed by atoms with Crippen molar-refractivity contribution in [2.75, 3.05) is 0 Å². The topological polar surface area (TPSA) is 78.2 Å². The second-order valence-electron chi connectivity index (χ2n) is 3.11. The van der Waals surface area contributed by atoms with Crippen LogP contribution in [0.1, 0.15) is 27.0 Å². The SMILES string of the molecule is Cc1c(C#N)ccc(C=O)c1CC(=O)O. The first-order valence-corrected chi connectivity index (χ1v) is 4.29. The van der Waals surface area contributed by atoms with Crippen molar-refractivity contribution < 1.29 is 14.7 Å². The number of nitriles is 1. The zero-order valence-corrected chi connectivity index (χ0v) is 8.15. The maximum absolute atomic E-state index is 10.7. The summed E-state index contributed by atoms with van der Waals surface area (Å²) in [6.45, 7) is 1.64. The molecule has 15 heavy (non-hydrogen) atoms. The normalized spacial score (nSPS) is 9.33. The van der Waals surface area contributed by atoms with Gasteiger partial charge in [-0.25, -0.2) is 0 Å². The van der Waals surface area contributed by atoms with Crippen molar-refractivity contribution in [3.05, 3.63) is 34.4 Å². The molecule has 0 bridgehead atoms. The van der Waals surface area contributed by atoms with E-state index in [0.29, 0.717) is 28.5 Å². The molecule has 0 radical (unpaired) electrons. The van der Waals surface area contributed by atoms with E-state index < -0.39 is 5.97 Å². The zero-order valence-electron chi connectivity index (χ0n) is 8.15. The Balaban J connectivity index is 3.36. The summed E-state index contributed by atoms with van der Waals surface area (Å²) >= 11 is 0. The quantitative estimate of drug-likeness (QED) is 0.751. The average molecular weight is 203 g/mol. The molecule has 4 heteroatoms. The van der Waals surface area contributed by atoms with Crippen LogP contribution in [0.15, 0.2) is 12.1 Å². The molecule has 0 spiro atoms. The molecule has 0 amide bonds. The second kappa shape index (κ2) is 4.38. The van der Waals surface area contributed by atoms with Gasteiger partial charge >= 0.3 is 5.97 Å². The van der Waals surface area contributed by atoms with E-state index in [2.05, 4.69) is 0 Å². The highest BCUT2D eigenvalue weighted by Gasteiger charge is 2.12. The Morgan fingerprint density at radius 2 is 2.27 bits per heavy atom. The highest BCUT2D eigenvalue weighted by atomic mass is 16.4. The van der Waals surface area contributed by atoms with Crippen LogP contribution in [0.4, 0.5) is 0 Å². The molecule has 4 nitrogen and oxygen atoms in total. The number of hydrogen-bond donors (Lipinski definition) is 1. The number of carbonyl (C=O) groups excluding carboxylic acids is 1. The number of nitrogens with zero attached hydrogens (tertiary/aromatic N) is 1. The minimum atomic E-state index is -1.02. The lowest BCUT2D eigenvalue weighted by molar-refractivity contribution is -0.136. The van der Waals surface area contributed by atoms with Crippen LogP contribution in [0.25, 0.3) is 0 Å². The number of rotatable bonds is 3. The van der Waals surface area contributed by atoms with Crippen LogP contribution in [-0.4, -0.2) is 17.4 Å². The number of aldehydes is 1. The van der Waals surface area contributed by atoms with Gasteiger partial charge in [0.1, 0.15) is 6.29 Å². The Kier molecular flexibility index (Phi) is 3.19. The van der Waals surface area contributed by atoms with E-state index in [1.54, 1.807) is 6.92 Å². The fourth-order valence-corrected chi connectivity index (χ4v) is 1.40. The fourth-order valence-electron chi connectivity index (χ4n) is 1.40. The summed E-state index contributed by atoms with van der Waals surface area (Å²) in [4.78, 5) is 21.3. The number of carboxylic acid groups (broad SMARTS) is 1. The van der Waals surface area contributed by atoms with Crippen molar-refractivity contribution >= 4 is 12.3 Å². The van der Waals surface area contributed by atoms with Crippen LogP contribution in [0, 0.1) is 18.3 Å². The van der Waals surface area contributed by atoms with Crippen molar-refractivity contribution in [1.29, 1.82) is 5.26 Å². The first-order valence-electron chi connectivity index (χ1n) is 4.29. The van der Waals surface area contributed by atoms with Crippen molar-refractivity contribution in [3.63, 3.8) is 0 Å². The van der Waals surface area contributed by atoms with Gasteiger partial charge in [0, 0.05) is 5.56 Å². The Bertz CT molecular complexity index is 458. The van der Waals surface area contributed by atoms with Gasteiger partial charge in [0.15, 0.2) is 0 Å². The van der Waals surface area contributed by atoms with Gasteiger partial charge in [-0.1, -0.05) is 6.07 Å². The van der Waals surface area contributed by atoms with Gasteiger partial charge in [-0.3, -0.25) is 9.59 Å². The highest BCUT2D eigenvalue weighted by Crippen LogP contribution is 2.17. The molecule has 0 heterocycles. The Labute approximate surface area is 86.8 Å². The first-order chi connectivity index (χ1) is 7.10. The first kappa shape index (κ1) is 10.9. The molecule has 1 aromatic carbocycles. The maximum Gasteiger partial charge on any atom is 0.307 e. The maximum atomic E-state index is 10.7. The summed E-state index contributed by atoms with van der Waals surface area (Å²) in [6.07, 6.45) is 0.363. The van der Waals surface area contributed by atoms with Gasteiger partial charge in [-0.2, -0.15) is 5.26 Å². The summed E-state index contributed by atoms with van der Waals surface area (Å²) < 4.78 is 0. The lowest BCUT2D eigenvalue weighted by Crippen LogP contribution is -2.06. The molecular weight excluding hydrogens is 194 g/mol. The molecule has 0 unspecified atom stereocenters. The lowest BCUT2D eigenvalue weighted by Gasteiger charge is -2.07. The van der Waals surface area contributed by atoms with Crippen LogP contribution in [0.5, 0.6) is 0 Å². The molecule has 0 saturated carbocycles. The van der Waals surface area contributed by atoms with Crippen LogP contribution in [0.3, 0.4) is 0 Å². The molecule has 0 fully saturated rings. The molecule has 0 atom stereocenters. The molecule has 0 aliphatic rings. The summed E-state index contributed by atoms with van der Waals surface area (Å²) in [7, 11) is 0. The standard InChI is InChI=1S/C11H9NO3/c1-7-8(5-12)2-3-9(6-13)10(7)4-11(14)15/h2-3,6H,4H2,1H3,(H,14,15). The van der Waals surface area contributed by atoms with Crippen LogP contribution < -0.4 is 0 Å². The van der Waals surface area contributed by atoms with Crippen molar-refractivity contribution in [3.8, 4) is 6.07 Å². The van der Waals surface area contributed by atoms with Crippen molar-refractivity contribution in [1.82, 2.24) is 0 Å². The van der Waals surface area contributed by atoms with E-state index in [1.807, 2.05) is 6.07 Å². The number of carboxylic acids is 1. The van der Waals surface area contributed by atoms with E-state index >= 15 is 0 Å². The molecular formula is C11H9NO3. The van der Waals surface area contributed by atoms with Crippen molar-refractivity contribution in [2.45, 2.75) is 13.3 Å². The number of hydrogen-bond acceptors (Lipinski definition) is 3. The largest absolute Gasteiger partial charge is 0.481 e. The summed E-state index contributed by atoms with van der Waals surface area (Å²) in [5.41, 5.74) is 1.70. The Morgan fingerprint density at radius 1 is 1.60 bits per heavy atom. The second-order valence-corrected chi connectivity index (χ2v) is 3.11. The molecule has 0 aromatic heterocycles. The molecule has 1 N–H and O–H groups in total. The molecule has 1 rings (SSSR count). The van der Waals surface area contributed by atoms with E-state index in [9.17, 15) is 9.59 Å². The van der Waals surface area contributed by atoms with Gasteiger partial charge in [0.05, 0.1) is 18.1 Å². The Hall–Kier alpha value is -2.15. The number of aliphatic carboxylic acids is 1. The van der Waals surface area contributed by atoms with Gasteiger partial charge in [-0.05, 0) is 24.1 Å². The minimum absolute atomic E-state index is 0.241. The smallest absolute Gasteiger partial charge is 0.307 e. The molecule has 1 aromatic rings. The predicted octanol–water partition coefficient (Wildman–Crippen LogP) is 1.31. The molecule has 76 valence electrons. The third-order valence-corrected chi connectivity index (χ3v) is 2.21. The third-order valence-electron chi connectivity index (χ3n) is 2.21. The summed E-state index contributed by atoms with van der Waals surface area (Å²) in [5, 5.41) is 17.4. The summed E-state index contributed by atoms with van der Waals surface area (Å²) in [6, 6.07) is 4.94. The van der Waals surface area contributed by atoms with Gasteiger partial charge in [0.25, 0.3) is 0 Å². The zero-order chi connectivity index (χ0) is 11.4. The van der Waals surface area contributed by atoms with Gasteiger partial charge in [0.2, 0.25) is 0 Å². The molecule has 0 saturated heterocycles. The van der Waals surface area contributed by atoms with E-state index in [0.717, 1.165) is 0 Å². The average Bonchev–Trinajstić information content (AvgIpc) is 2.20. The molecule has 0 aliphatic carbocycles. The number of benzene rings is 1. The van der Waals surface area contributed by atoms with Gasteiger partial charge < -0.3 is 5.11 Å². The third kappa shape index (κ3) is 2.20. The molecule has 0 aliphatic heterocycles. The number of carbonyl (C=O) groups is 2. The Morgan fingerprint density at radius 3 is 2.73 bits per heavy atom. The minimum Gasteiger partial charge on any atom is -0.481 e. The highest BCUT2D eigenvalue weighted by molar-refractivity contribution is 5.82. The van der Waals surface area contributed by atoms with E-state index in [1.165, 1.54) is 12.1 Å². The van der Waals surface area contributed by atoms with E-state index in [-0.39, 0.29) is 6.42 Å². The predicted molar refractivity (Wildman–Crippen MR) is 52.6 cm³/mol. The summed E-state index contributed by atoms with van der Waals surface area (Å²) in [5.74, 6) is -1.02. The van der Waals surface area contributed by atoms with E-state index in [4.69, 9.17) is 10.4 Å². The van der Waals surface area contributed by atoms with Crippen LogP contribution >= 0.6 is 0 Å². The van der Waals surface area contributed by atoms with Crippen LogP contribution in [-0.2, 0) is 11.2 Å².